The third kappa shape index (κ3) is 3.53. The Bertz CT molecular complexity index is 496. The summed E-state index contributed by atoms with van der Waals surface area (Å²) in [5, 5.41) is 3.27. The van der Waals surface area contributed by atoms with Gasteiger partial charge in [-0.25, -0.2) is 4.98 Å². The highest BCUT2D eigenvalue weighted by Crippen LogP contribution is 2.18. The molecular weight excluding hydrogens is 235 g/mol. The number of hydrogen-bond donors (Lipinski definition) is 1. The minimum absolute atomic E-state index is 0.273. The van der Waals surface area contributed by atoms with Crippen LogP contribution in [-0.2, 0) is 6.42 Å². The Morgan fingerprint density at radius 2 is 2.24 bits per heavy atom. The van der Waals surface area contributed by atoms with E-state index in [0.717, 1.165) is 12.1 Å². The second-order valence-corrected chi connectivity index (χ2v) is 5.50. The van der Waals surface area contributed by atoms with E-state index in [0.29, 0.717) is 0 Å². The van der Waals surface area contributed by atoms with Crippen molar-refractivity contribution < 1.29 is 4.39 Å². The Kier molecular flexibility index (Phi) is 3.74. The molecule has 0 spiro atoms. The highest BCUT2D eigenvalue weighted by Gasteiger charge is 2.06. The van der Waals surface area contributed by atoms with Crippen molar-refractivity contribution in [3.05, 3.63) is 46.2 Å². The first-order chi connectivity index (χ1) is 8.13. The fourth-order valence-electron chi connectivity index (χ4n) is 1.72. The lowest BCUT2D eigenvalue weighted by Crippen LogP contribution is -2.17. The first-order valence-corrected chi connectivity index (χ1v) is 6.38. The molecule has 0 amide bonds. The maximum absolute atomic E-state index is 12.9. The van der Waals surface area contributed by atoms with Gasteiger partial charge in [0.15, 0.2) is 0 Å². The van der Waals surface area contributed by atoms with E-state index in [1.165, 1.54) is 22.0 Å². The van der Waals surface area contributed by atoms with Crippen LogP contribution < -0.4 is 5.32 Å². The van der Waals surface area contributed by atoms with Crippen molar-refractivity contribution in [3.63, 3.8) is 0 Å². The van der Waals surface area contributed by atoms with Crippen LogP contribution in [0.1, 0.15) is 16.7 Å². The standard InChI is InChI=1S/C13H15FN2S/c1-9(7-12-4-3-10(2)17-12)16-11-5-6-15-13(14)8-11/h3-6,8-9H,7H2,1-2H3,(H,15,16). The molecule has 2 rings (SSSR count). The maximum Gasteiger partial charge on any atom is 0.214 e. The quantitative estimate of drug-likeness (QED) is 0.838. The van der Waals surface area contributed by atoms with Crippen molar-refractivity contribution in [2.45, 2.75) is 26.3 Å². The monoisotopic (exact) mass is 250 g/mol. The Morgan fingerprint density at radius 1 is 1.41 bits per heavy atom. The van der Waals surface area contributed by atoms with Crippen molar-refractivity contribution in [3.8, 4) is 0 Å². The van der Waals surface area contributed by atoms with E-state index in [4.69, 9.17) is 0 Å². The van der Waals surface area contributed by atoms with E-state index >= 15 is 0 Å². The van der Waals surface area contributed by atoms with Crippen molar-refractivity contribution in [1.29, 1.82) is 0 Å². The van der Waals surface area contributed by atoms with Crippen LogP contribution in [0.4, 0.5) is 10.1 Å². The van der Waals surface area contributed by atoms with Crippen LogP contribution in [-0.4, -0.2) is 11.0 Å². The van der Waals surface area contributed by atoms with E-state index in [2.05, 4.69) is 36.3 Å². The zero-order valence-corrected chi connectivity index (χ0v) is 10.7. The molecule has 2 aromatic rings. The lowest BCUT2D eigenvalue weighted by atomic mass is 10.2. The van der Waals surface area contributed by atoms with E-state index < -0.39 is 5.95 Å². The molecule has 0 saturated heterocycles. The first-order valence-electron chi connectivity index (χ1n) is 5.57. The number of halogens is 1. The fraction of sp³-hybridized carbons (Fsp3) is 0.308. The van der Waals surface area contributed by atoms with Crippen LogP contribution in [0.15, 0.2) is 30.5 Å². The van der Waals surface area contributed by atoms with Crippen molar-refractivity contribution in [2.24, 2.45) is 0 Å². The smallest absolute Gasteiger partial charge is 0.214 e. The average Bonchev–Trinajstić information content (AvgIpc) is 2.63. The number of hydrogen-bond acceptors (Lipinski definition) is 3. The molecule has 2 aromatic heterocycles. The van der Waals surface area contributed by atoms with Gasteiger partial charge in [0.1, 0.15) is 0 Å². The summed E-state index contributed by atoms with van der Waals surface area (Å²) in [6, 6.07) is 7.73. The van der Waals surface area contributed by atoms with Crippen molar-refractivity contribution in [2.75, 3.05) is 5.32 Å². The summed E-state index contributed by atoms with van der Waals surface area (Å²) in [7, 11) is 0. The fourth-order valence-corrected chi connectivity index (χ4v) is 2.74. The number of aromatic nitrogens is 1. The van der Waals surface area contributed by atoms with Crippen LogP contribution in [0, 0.1) is 12.9 Å². The van der Waals surface area contributed by atoms with E-state index in [1.807, 2.05) is 0 Å². The average molecular weight is 250 g/mol. The molecule has 17 heavy (non-hydrogen) atoms. The van der Waals surface area contributed by atoms with Gasteiger partial charge in [-0.05, 0) is 32.0 Å². The van der Waals surface area contributed by atoms with Gasteiger partial charge in [0, 0.05) is 40.2 Å². The van der Waals surface area contributed by atoms with Crippen LogP contribution >= 0.6 is 11.3 Å². The third-order valence-corrected chi connectivity index (χ3v) is 3.47. The molecule has 0 aliphatic carbocycles. The molecule has 4 heteroatoms. The van der Waals surface area contributed by atoms with Gasteiger partial charge in [0.05, 0.1) is 0 Å². The van der Waals surface area contributed by atoms with Crippen LogP contribution in [0.5, 0.6) is 0 Å². The predicted molar refractivity (Wildman–Crippen MR) is 70.0 cm³/mol. The second kappa shape index (κ2) is 5.27. The number of nitrogens with one attached hydrogen (secondary N) is 1. The first kappa shape index (κ1) is 12.0. The Labute approximate surface area is 105 Å². The number of aryl methyl sites for hydroxylation is 1. The molecule has 2 heterocycles. The molecule has 0 aliphatic rings. The molecule has 1 N–H and O–H groups in total. The van der Waals surface area contributed by atoms with Gasteiger partial charge in [-0.15, -0.1) is 11.3 Å². The van der Waals surface area contributed by atoms with Crippen molar-refractivity contribution >= 4 is 17.0 Å². The van der Waals surface area contributed by atoms with Gasteiger partial charge in [-0.3, -0.25) is 0 Å². The van der Waals surface area contributed by atoms with Crippen molar-refractivity contribution in [1.82, 2.24) is 4.98 Å². The second-order valence-electron chi connectivity index (χ2n) is 4.13. The van der Waals surface area contributed by atoms with Gasteiger partial charge in [0.25, 0.3) is 0 Å². The summed E-state index contributed by atoms with van der Waals surface area (Å²) in [6.07, 6.45) is 2.42. The highest BCUT2D eigenvalue weighted by molar-refractivity contribution is 7.11. The normalized spacial score (nSPS) is 12.4. The number of thiophene rings is 1. The summed E-state index contributed by atoms with van der Waals surface area (Å²) in [6.45, 7) is 4.19. The molecule has 90 valence electrons. The minimum atomic E-state index is -0.450. The Balaban J connectivity index is 1.95. The van der Waals surface area contributed by atoms with Gasteiger partial charge in [-0.2, -0.15) is 4.39 Å². The number of nitrogens with zero attached hydrogens (tertiary/aromatic N) is 1. The zero-order chi connectivity index (χ0) is 12.3. The Morgan fingerprint density at radius 3 is 2.88 bits per heavy atom. The third-order valence-electron chi connectivity index (χ3n) is 2.44. The summed E-state index contributed by atoms with van der Waals surface area (Å²) in [5.41, 5.74) is 0.776. The molecule has 0 fully saturated rings. The summed E-state index contributed by atoms with van der Waals surface area (Å²) >= 11 is 1.80. The molecule has 0 aromatic carbocycles. The van der Waals surface area contributed by atoms with Gasteiger partial charge in [0.2, 0.25) is 5.95 Å². The largest absolute Gasteiger partial charge is 0.382 e. The molecule has 1 atom stereocenters. The lowest BCUT2D eigenvalue weighted by molar-refractivity contribution is 0.584. The lowest BCUT2D eigenvalue weighted by Gasteiger charge is -2.14. The summed E-state index contributed by atoms with van der Waals surface area (Å²) in [4.78, 5) is 6.20. The molecular formula is C13H15FN2S. The maximum atomic E-state index is 12.9. The molecule has 2 nitrogen and oxygen atoms in total. The van der Waals surface area contributed by atoms with Gasteiger partial charge >= 0.3 is 0 Å². The van der Waals surface area contributed by atoms with E-state index in [1.54, 1.807) is 17.4 Å². The number of anilines is 1. The topological polar surface area (TPSA) is 24.9 Å². The number of pyridine rings is 1. The Hall–Kier alpha value is -1.42. The zero-order valence-electron chi connectivity index (χ0n) is 9.90. The van der Waals surface area contributed by atoms with Gasteiger partial charge in [-0.1, -0.05) is 0 Å². The van der Waals surface area contributed by atoms with Crippen LogP contribution in [0.2, 0.25) is 0 Å². The predicted octanol–water partition coefficient (Wildman–Crippen LogP) is 3.63. The van der Waals surface area contributed by atoms with Crippen LogP contribution in [0.25, 0.3) is 0 Å². The van der Waals surface area contributed by atoms with Crippen LogP contribution in [0.3, 0.4) is 0 Å². The highest BCUT2D eigenvalue weighted by atomic mass is 32.1. The molecule has 1 unspecified atom stereocenters. The van der Waals surface area contributed by atoms with E-state index in [9.17, 15) is 4.39 Å². The summed E-state index contributed by atoms with van der Waals surface area (Å²) < 4.78 is 12.9. The molecule has 0 radical (unpaired) electrons. The molecule has 0 bridgehead atoms. The number of rotatable bonds is 4. The molecule has 0 aliphatic heterocycles. The summed E-state index contributed by atoms with van der Waals surface area (Å²) in [5.74, 6) is -0.450. The molecule has 0 saturated carbocycles. The van der Waals surface area contributed by atoms with E-state index in [-0.39, 0.29) is 6.04 Å². The minimum Gasteiger partial charge on any atom is -0.382 e. The van der Waals surface area contributed by atoms with Gasteiger partial charge < -0.3 is 5.32 Å². The SMILES string of the molecule is Cc1ccc(CC(C)Nc2ccnc(F)c2)s1.